The Kier molecular flexibility index (Phi) is 4.34. The average molecular weight is 375 g/mol. The van der Waals surface area contributed by atoms with Crippen molar-refractivity contribution >= 4 is 35.7 Å². The van der Waals surface area contributed by atoms with Crippen LogP contribution >= 0.6 is 8.03 Å². The van der Waals surface area contributed by atoms with Crippen LogP contribution in [-0.4, -0.2) is 38.1 Å². The smallest absolute Gasteiger partial charge is 0.234 e. The number of hydrogen-bond donors (Lipinski definition) is 1. The van der Waals surface area contributed by atoms with Crippen LogP contribution in [0.25, 0.3) is 21.9 Å². The molecule has 1 unspecified atom stereocenters. The third-order valence-corrected chi connectivity index (χ3v) is 4.87. The van der Waals surface area contributed by atoms with Gasteiger partial charge in [0.1, 0.15) is 16.7 Å². The van der Waals surface area contributed by atoms with E-state index in [4.69, 9.17) is 13.7 Å². The van der Waals surface area contributed by atoms with Crippen LogP contribution < -0.4 is 14.9 Å². The highest BCUT2D eigenvalue weighted by Crippen LogP contribution is 2.35. The largest absolute Gasteiger partial charge is 0.507 e. The number of aromatic hydroxyl groups is 1. The summed E-state index contributed by atoms with van der Waals surface area (Å²) in [7, 11) is -2.26. The maximum Gasteiger partial charge on any atom is 0.234 e. The molecule has 26 heavy (non-hydrogen) atoms. The molecule has 0 aliphatic carbocycles. The number of phenols is 1. The molecule has 4 rings (SSSR count). The Morgan fingerprint density at radius 3 is 2.73 bits per heavy atom. The van der Waals surface area contributed by atoms with Gasteiger partial charge in [0.05, 0.1) is 18.6 Å². The van der Waals surface area contributed by atoms with Crippen LogP contribution in [0.2, 0.25) is 0 Å². The van der Waals surface area contributed by atoms with E-state index in [0.717, 1.165) is 5.69 Å². The van der Waals surface area contributed by atoms with Gasteiger partial charge >= 0.3 is 0 Å². The van der Waals surface area contributed by atoms with Gasteiger partial charge in [0.2, 0.25) is 13.5 Å². The number of morpholine rings is 1. The first-order chi connectivity index (χ1) is 12.5. The van der Waals surface area contributed by atoms with Crippen molar-refractivity contribution in [2.75, 3.05) is 37.9 Å². The molecule has 0 spiro atoms. The monoisotopic (exact) mass is 375 g/mol. The van der Waals surface area contributed by atoms with E-state index < -0.39 is 8.03 Å². The highest BCUT2D eigenvalue weighted by atomic mass is 31.1. The number of anilines is 1. The molecule has 136 valence electrons. The lowest BCUT2D eigenvalue weighted by molar-refractivity contribution is 0.122. The first-order valence-corrected chi connectivity index (χ1v) is 10.1. The Morgan fingerprint density at radius 2 is 2.00 bits per heavy atom. The van der Waals surface area contributed by atoms with Gasteiger partial charge in [-0.2, -0.15) is 0 Å². The van der Waals surface area contributed by atoms with E-state index in [1.807, 2.05) is 0 Å². The molecule has 0 saturated carbocycles. The lowest BCUT2D eigenvalue weighted by Crippen LogP contribution is -2.36. The topological polar surface area (TPSA) is 89.2 Å². The van der Waals surface area contributed by atoms with Crippen LogP contribution in [0.3, 0.4) is 0 Å². The number of rotatable bonds is 3. The minimum Gasteiger partial charge on any atom is -0.507 e. The fourth-order valence-electron chi connectivity index (χ4n) is 3.18. The average Bonchev–Trinajstić information content (AvgIpc) is 2.62. The summed E-state index contributed by atoms with van der Waals surface area (Å²) in [5.41, 5.74) is 0.885. The van der Waals surface area contributed by atoms with Gasteiger partial charge in [-0.1, -0.05) is 6.07 Å². The molecule has 1 aliphatic rings. The summed E-state index contributed by atoms with van der Waals surface area (Å²) in [6, 6.07) is 8.13. The fraction of sp³-hybridized carbons (Fsp3) is 0.278. The molecule has 1 N–H and O–H groups in total. The van der Waals surface area contributed by atoms with Crippen molar-refractivity contribution < 1.29 is 23.3 Å². The van der Waals surface area contributed by atoms with E-state index in [-0.39, 0.29) is 38.9 Å². The predicted molar refractivity (Wildman–Crippen MR) is 100 cm³/mol. The van der Waals surface area contributed by atoms with Gasteiger partial charge < -0.3 is 23.7 Å². The molecule has 1 aliphatic heterocycles. The summed E-state index contributed by atoms with van der Waals surface area (Å²) in [4.78, 5) is 14.9. The van der Waals surface area contributed by atoms with E-state index >= 15 is 0 Å². The Morgan fingerprint density at radius 1 is 1.23 bits per heavy atom. The zero-order chi connectivity index (χ0) is 18.3. The Balaban J connectivity index is 1.96. The Bertz CT molecular complexity index is 1070. The highest BCUT2D eigenvalue weighted by molar-refractivity contribution is 7.38. The second kappa shape index (κ2) is 6.67. The summed E-state index contributed by atoms with van der Waals surface area (Å²) >= 11 is 0. The maximum absolute atomic E-state index is 12.9. The van der Waals surface area contributed by atoms with Gasteiger partial charge in [-0.3, -0.25) is 9.36 Å². The Hall–Kier alpha value is -2.50. The van der Waals surface area contributed by atoms with E-state index in [0.29, 0.717) is 26.3 Å². The van der Waals surface area contributed by atoms with Gasteiger partial charge in [0, 0.05) is 37.6 Å². The van der Waals surface area contributed by atoms with Crippen molar-refractivity contribution in [3.8, 4) is 11.5 Å². The molecule has 2 aromatic carbocycles. The SMILES string of the molecule is C[PH](=O)Oc1cccc2c(=O)c3c(O)cc(N4CCOCC4)cc3oc12. The first kappa shape index (κ1) is 16.9. The third kappa shape index (κ3) is 2.93. The molecule has 0 amide bonds. The van der Waals surface area contributed by atoms with E-state index in [1.165, 1.54) is 6.66 Å². The number of para-hydroxylation sites is 1. The summed E-state index contributed by atoms with van der Waals surface area (Å²) in [5, 5.41) is 10.8. The fourth-order valence-corrected chi connectivity index (χ4v) is 3.65. The van der Waals surface area contributed by atoms with Crippen molar-refractivity contribution in [1.29, 1.82) is 0 Å². The highest BCUT2D eigenvalue weighted by Gasteiger charge is 2.19. The second-order valence-corrected chi connectivity index (χ2v) is 7.28. The third-order valence-electron chi connectivity index (χ3n) is 4.36. The van der Waals surface area contributed by atoms with Gasteiger partial charge in [-0.25, -0.2) is 0 Å². The molecule has 1 fully saturated rings. The molecule has 3 aromatic rings. The number of hydrogen-bond acceptors (Lipinski definition) is 7. The number of ether oxygens (including phenoxy) is 1. The number of fused-ring (bicyclic) bond motifs is 2. The molecule has 2 heterocycles. The quantitative estimate of drug-likeness (QED) is 0.556. The number of benzene rings is 2. The van der Waals surface area contributed by atoms with Crippen molar-refractivity contribution in [2.45, 2.75) is 0 Å². The summed E-state index contributed by atoms with van der Waals surface area (Å²) < 4.78 is 28.1. The van der Waals surface area contributed by atoms with Crippen LogP contribution in [0.4, 0.5) is 5.69 Å². The number of phenolic OH excluding ortho intramolecular Hbond substituents is 1. The first-order valence-electron chi connectivity index (χ1n) is 8.28. The van der Waals surface area contributed by atoms with Crippen LogP contribution in [0.5, 0.6) is 11.5 Å². The minimum atomic E-state index is -2.26. The zero-order valence-electron chi connectivity index (χ0n) is 14.2. The second-order valence-electron chi connectivity index (χ2n) is 6.10. The molecule has 1 aromatic heterocycles. The van der Waals surface area contributed by atoms with Crippen molar-refractivity contribution in [1.82, 2.24) is 0 Å². The molecular formula is C18H18NO6P. The number of nitrogens with zero attached hydrogens (tertiary/aromatic N) is 1. The van der Waals surface area contributed by atoms with Crippen LogP contribution in [0.1, 0.15) is 0 Å². The standard InChI is InChI=1S/C18H18NO6P/c1-26(22)25-14-4-2-3-12-17(21)16-13(20)9-11(10-15(16)24-18(12)14)19-5-7-23-8-6-19/h2-4,9-10,20,26H,5-8H2,1H3. The van der Waals surface area contributed by atoms with Crippen LogP contribution in [-0.2, 0) is 9.30 Å². The van der Waals surface area contributed by atoms with E-state index in [1.54, 1.807) is 30.3 Å². The van der Waals surface area contributed by atoms with E-state index in [2.05, 4.69) is 4.90 Å². The lowest BCUT2D eigenvalue weighted by Gasteiger charge is -2.29. The van der Waals surface area contributed by atoms with Crippen molar-refractivity contribution in [3.05, 3.63) is 40.6 Å². The molecule has 1 saturated heterocycles. The molecular weight excluding hydrogens is 357 g/mol. The molecule has 8 heteroatoms. The summed E-state index contributed by atoms with van der Waals surface area (Å²) in [6.07, 6.45) is 0. The molecule has 7 nitrogen and oxygen atoms in total. The Labute approximate surface area is 149 Å². The van der Waals surface area contributed by atoms with Crippen molar-refractivity contribution in [3.63, 3.8) is 0 Å². The molecule has 0 bridgehead atoms. The minimum absolute atomic E-state index is 0.121. The van der Waals surface area contributed by atoms with Gasteiger partial charge in [0.25, 0.3) is 0 Å². The summed E-state index contributed by atoms with van der Waals surface area (Å²) in [6.45, 7) is 4.04. The zero-order valence-corrected chi connectivity index (χ0v) is 15.2. The maximum atomic E-state index is 12.9. The van der Waals surface area contributed by atoms with Gasteiger partial charge in [-0.15, -0.1) is 0 Å². The van der Waals surface area contributed by atoms with E-state index in [9.17, 15) is 14.5 Å². The normalized spacial score (nSPS) is 16.1. The molecule has 1 atom stereocenters. The van der Waals surface area contributed by atoms with Crippen LogP contribution in [0.15, 0.2) is 39.5 Å². The van der Waals surface area contributed by atoms with Crippen molar-refractivity contribution in [2.24, 2.45) is 0 Å². The predicted octanol–water partition coefficient (Wildman–Crippen LogP) is 2.97. The van der Waals surface area contributed by atoms with Gasteiger partial charge in [0.15, 0.2) is 11.3 Å². The molecule has 0 radical (unpaired) electrons. The lowest BCUT2D eigenvalue weighted by atomic mass is 10.1. The van der Waals surface area contributed by atoms with Gasteiger partial charge in [-0.05, 0) is 12.1 Å². The van der Waals surface area contributed by atoms with Crippen LogP contribution in [0, 0.1) is 0 Å². The summed E-state index contributed by atoms with van der Waals surface area (Å²) in [5.74, 6) is 0.124.